The molecule has 0 radical (unpaired) electrons. The molecule has 0 saturated heterocycles. The third-order valence-electron chi connectivity index (χ3n) is 2.62. The van der Waals surface area contributed by atoms with E-state index in [0.717, 1.165) is 0 Å². The molecule has 1 atom stereocenters. The van der Waals surface area contributed by atoms with Gasteiger partial charge in [0.1, 0.15) is 11.9 Å². The number of rotatable bonds is 7. The van der Waals surface area contributed by atoms with Gasteiger partial charge >= 0.3 is 12.0 Å². The molecule has 0 aromatic heterocycles. The van der Waals surface area contributed by atoms with Crippen LogP contribution in [-0.2, 0) is 9.53 Å². The number of hydrogen-bond donors (Lipinski definition) is 3. The van der Waals surface area contributed by atoms with Crippen LogP contribution in [0, 0.1) is 5.82 Å². The average Bonchev–Trinajstić information content (AvgIpc) is 2.42. The van der Waals surface area contributed by atoms with E-state index in [9.17, 15) is 14.0 Å². The molecule has 3 N–H and O–H groups in total. The predicted molar refractivity (Wildman–Crippen MR) is 78.8 cm³/mol. The fourth-order valence-electron chi connectivity index (χ4n) is 1.59. The highest BCUT2D eigenvalue weighted by atomic mass is 79.9. The highest BCUT2D eigenvalue weighted by molar-refractivity contribution is 9.10. The zero-order chi connectivity index (χ0) is 15.8. The van der Waals surface area contributed by atoms with Crippen LogP contribution < -0.4 is 10.6 Å². The molecule has 1 rings (SSSR count). The molecule has 1 aromatic rings. The molecule has 21 heavy (non-hydrogen) atoms. The Morgan fingerprint density at radius 1 is 1.48 bits per heavy atom. The summed E-state index contributed by atoms with van der Waals surface area (Å²) in [6.07, 6.45) is 0.763. The molecular formula is C13H16BrFN2O4. The van der Waals surface area contributed by atoms with Crippen LogP contribution in [0.25, 0.3) is 0 Å². The van der Waals surface area contributed by atoms with Crippen molar-refractivity contribution in [3.63, 3.8) is 0 Å². The van der Waals surface area contributed by atoms with Gasteiger partial charge in [0, 0.05) is 19.4 Å². The van der Waals surface area contributed by atoms with E-state index in [4.69, 9.17) is 9.84 Å². The number of carboxylic acids is 1. The van der Waals surface area contributed by atoms with Crippen LogP contribution in [0.1, 0.15) is 12.8 Å². The molecule has 0 aliphatic heterocycles. The summed E-state index contributed by atoms with van der Waals surface area (Å²) in [6, 6.07) is 2.27. The van der Waals surface area contributed by atoms with Gasteiger partial charge in [0.15, 0.2) is 0 Å². The molecule has 0 fully saturated rings. The van der Waals surface area contributed by atoms with E-state index in [-0.39, 0.29) is 10.9 Å². The number of ether oxygens (including phenoxy) is 1. The lowest BCUT2D eigenvalue weighted by Crippen LogP contribution is -2.43. The van der Waals surface area contributed by atoms with E-state index >= 15 is 0 Å². The molecule has 8 heteroatoms. The number of aliphatic carboxylic acids is 1. The maximum Gasteiger partial charge on any atom is 0.326 e. The second-order valence-electron chi connectivity index (χ2n) is 4.25. The molecule has 2 amide bonds. The highest BCUT2D eigenvalue weighted by Gasteiger charge is 2.19. The molecule has 0 spiro atoms. The molecule has 6 nitrogen and oxygen atoms in total. The van der Waals surface area contributed by atoms with Crippen LogP contribution in [0.4, 0.5) is 14.9 Å². The number of urea groups is 1. The Kier molecular flexibility index (Phi) is 7.10. The lowest BCUT2D eigenvalue weighted by atomic mass is 10.1. The largest absolute Gasteiger partial charge is 0.480 e. The first-order valence-electron chi connectivity index (χ1n) is 6.18. The maximum absolute atomic E-state index is 13.1. The standard InChI is InChI=1S/C13H16BrFN2O4/c1-21-6-2-3-11(12(18)19)17-13(20)16-8-4-5-10(15)9(14)7-8/h4-5,7,11H,2-3,6H2,1H3,(H,18,19)(H2,16,17,20). The van der Waals surface area contributed by atoms with Crippen molar-refractivity contribution < 1.29 is 23.8 Å². The van der Waals surface area contributed by atoms with Crippen molar-refractivity contribution in [1.29, 1.82) is 0 Å². The Hall–Kier alpha value is -1.67. The topological polar surface area (TPSA) is 87.7 Å². The first-order chi connectivity index (χ1) is 9.93. The first-order valence-corrected chi connectivity index (χ1v) is 6.97. The van der Waals surface area contributed by atoms with E-state index in [1.54, 1.807) is 0 Å². The summed E-state index contributed by atoms with van der Waals surface area (Å²) < 4.78 is 18.1. The zero-order valence-electron chi connectivity index (χ0n) is 11.4. The van der Waals surface area contributed by atoms with Crippen LogP contribution in [0.2, 0.25) is 0 Å². The van der Waals surface area contributed by atoms with Gasteiger partial charge in [-0.15, -0.1) is 0 Å². The van der Waals surface area contributed by atoms with Gasteiger partial charge in [-0.1, -0.05) is 0 Å². The number of hydrogen-bond acceptors (Lipinski definition) is 3. The molecule has 0 aliphatic rings. The van der Waals surface area contributed by atoms with Crippen molar-refractivity contribution in [2.24, 2.45) is 0 Å². The van der Waals surface area contributed by atoms with Gasteiger partial charge < -0.3 is 20.5 Å². The molecule has 0 saturated carbocycles. The van der Waals surface area contributed by atoms with Crippen molar-refractivity contribution in [2.75, 3.05) is 19.0 Å². The van der Waals surface area contributed by atoms with Crippen LogP contribution in [-0.4, -0.2) is 36.9 Å². The predicted octanol–water partition coefficient (Wildman–Crippen LogP) is 2.59. The van der Waals surface area contributed by atoms with Gasteiger partial charge in [-0.05, 0) is 47.0 Å². The molecule has 1 unspecified atom stereocenters. The van der Waals surface area contributed by atoms with Crippen molar-refractivity contribution in [2.45, 2.75) is 18.9 Å². The summed E-state index contributed by atoms with van der Waals surface area (Å²) in [4.78, 5) is 22.8. The second kappa shape index (κ2) is 8.58. The minimum atomic E-state index is -1.12. The number of carbonyl (C=O) groups excluding carboxylic acids is 1. The van der Waals surface area contributed by atoms with E-state index in [1.165, 1.54) is 25.3 Å². The quantitative estimate of drug-likeness (QED) is 0.650. The Morgan fingerprint density at radius 3 is 2.76 bits per heavy atom. The number of anilines is 1. The van der Waals surface area contributed by atoms with Crippen molar-refractivity contribution in [3.05, 3.63) is 28.5 Å². The van der Waals surface area contributed by atoms with Gasteiger partial charge in [-0.3, -0.25) is 0 Å². The lowest BCUT2D eigenvalue weighted by molar-refractivity contribution is -0.139. The third-order valence-corrected chi connectivity index (χ3v) is 3.23. The Balaban J connectivity index is 2.56. The molecule has 1 aromatic carbocycles. The number of amides is 2. The van der Waals surface area contributed by atoms with E-state index in [0.29, 0.717) is 18.7 Å². The maximum atomic E-state index is 13.1. The summed E-state index contributed by atoms with van der Waals surface area (Å²) in [5.41, 5.74) is 0.349. The fourth-order valence-corrected chi connectivity index (χ4v) is 1.97. The van der Waals surface area contributed by atoms with Crippen molar-refractivity contribution in [1.82, 2.24) is 5.32 Å². The first kappa shape index (κ1) is 17.4. The smallest absolute Gasteiger partial charge is 0.326 e. The summed E-state index contributed by atoms with van der Waals surface area (Å²) >= 11 is 3.00. The SMILES string of the molecule is COCCCC(NC(=O)Nc1ccc(F)c(Br)c1)C(=O)O. The highest BCUT2D eigenvalue weighted by Crippen LogP contribution is 2.19. The zero-order valence-corrected chi connectivity index (χ0v) is 12.9. The van der Waals surface area contributed by atoms with Gasteiger partial charge in [-0.25, -0.2) is 14.0 Å². The summed E-state index contributed by atoms with van der Waals surface area (Å²) in [7, 11) is 1.52. The second-order valence-corrected chi connectivity index (χ2v) is 5.11. The molecule has 116 valence electrons. The van der Waals surface area contributed by atoms with E-state index in [1.807, 2.05) is 0 Å². The molecular weight excluding hydrogens is 347 g/mol. The average molecular weight is 363 g/mol. The molecule has 0 heterocycles. The number of carbonyl (C=O) groups is 2. The Labute approximate surface area is 129 Å². The van der Waals surface area contributed by atoms with Crippen molar-refractivity contribution >= 4 is 33.6 Å². The van der Waals surface area contributed by atoms with Crippen molar-refractivity contribution in [3.8, 4) is 0 Å². The summed E-state index contributed by atoms with van der Waals surface area (Å²) in [5.74, 6) is -1.58. The number of benzene rings is 1. The van der Waals surface area contributed by atoms with E-state index < -0.39 is 23.9 Å². The van der Waals surface area contributed by atoms with E-state index in [2.05, 4.69) is 26.6 Å². The monoisotopic (exact) mass is 362 g/mol. The fraction of sp³-hybridized carbons (Fsp3) is 0.385. The minimum Gasteiger partial charge on any atom is -0.480 e. The minimum absolute atomic E-state index is 0.204. The molecule has 0 bridgehead atoms. The van der Waals surface area contributed by atoms with Crippen LogP contribution in [0.15, 0.2) is 22.7 Å². The molecule has 0 aliphatic carbocycles. The lowest BCUT2D eigenvalue weighted by Gasteiger charge is -2.15. The van der Waals surface area contributed by atoms with Gasteiger partial charge in [0.05, 0.1) is 4.47 Å². The summed E-state index contributed by atoms with van der Waals surface area (Å²) in [5, 5.41) is 13.8. The van der Waals surface area contributed by atoms with Gasteiger partial charge in [0.25, 0.3) is 0 Å². The van der Waals surface area contributed by atoms with Crippen LogP contribution >= 0.6 is 15.9 Å². The number of nitrogens with one attached hydrogen (secondary N) is 2. The Morgan fingerprint density at radius 2 is 2.19 bits per heavy atom. The number of methoxy groups -OCH3 is 1. The van der Waals surface area contributed by atoms with Crippen LogP contribution in [0.3, 0.4) is 0 Å². The van der Waals surface area contributed by atoms with Crippen LogP contribution in [0.5, 0.6) is 0 Å². The number of halogens is 2. The number of carboxylic acid groups (broad SMARTS) is 1. The third kappa shape index (κ3) is 6.09. The summed E-state index contributed by atoms with van der Waals surface area (Å²) in [6.45, 7) is 0.415. The Bertz CT molecular complexity index is 513. The van der Waals surface area contributed by atoms with Gasteiger partial charge in [-0.2, -0.15) is 0 Å². The van der Waals surface area contributed by atoms with Gasteiger partial charge in [0.2, 0.25) is 0 Å². The normalized spacial score (nSPS) is 11.8.